The molecule has 1 fully saturated rings. The summed E-state index contributed by atoms with van der Waals surface area (Å²) in [6, 6.07) is 9.18. The summed E-state index contributed by atoms with van der Waals surface area (Å²) in [4.78, 5) is 33.1. The highest BCUT2D eigenvalue weighted by atomic mass is 16.6. The lowest BCUT2D eigenvalue weighted by Crippen LogP contribution is -2.51. The van der Waals surface area contributed by atoms with Crippen LogP contribution in [0.15, 0.2) is 42.7 Å². The molecule has 0 N–H and O–H groups in total. The molecule has 1 aromatic carbocycles. The van der Waals surface area contributed by atoms with Gasteiger partial charge in [-0.15, -0.1) is 6.42 Å². The maximum absolute atomic E-state index is 12.9. The van der Waals surface area contributed by atoms with Crippen molar-refractivity contribution in [2.75, 3.05) is 26.2 Å². The van der Waals surface area contributed by atoms with Crippen LogP contribution in [-0.2, 0) is 4.74 Å². The van der Waals surface area contributed by atoms with E-state index in [2.05, 4.69) is 16.0 Å². The van der Waals surface area contributed by atoms with E-state index in [1.807, 2.05) is 45.2 Å². The van der Waals surface area contributed by atoms with E-state index in [1.54, 1.807) is 32.6 Å². The van der Waals surface area contributed by atoms with Crippen molar-refractivity contribution in [2.45, 2.75) is 26.4 Å². The normalized spacial score (nSPS) is 14.3. The first-order valence-corrected chi connectivity index (χ1v) is 10.4. The predicted molar refractivity (Wildman–Crippen MR) is 120 cm³/mol. The molecular formula is C24H25N5O3. The highest BCUT2D eigenvalue weighted by Gasteiger charge is 2.28. The van der Waals surface area contributed by atoms with Crippen LogP contribution in [0.5, 0.6) is 0 Å². The average molecular weight is 431 g/mol. The van der Waals surface area contributed by atoms with E-state index < -0.39 is 5.60 Å². The van der Waals surface area contributed by atoms with Gasteiger partial charge < -0.3 is 14.5 Å². The van der Waals surface area contributed by atoms with E-state index >= 15 is 0 Å². The largest absolute Gasteiger partial charge is 0.444 e. The number of aromatic nitrogens is 3. The zero-order valence-corrected chi connectivity index (χ0v) is 18.4. The van der Waals surface area contributed by atoms with Crippen molar-refractivity contribution >= 4 is 17.6 Å². The summed E-state index contributed by atoms with van der Waals surface area (Å²) in [5.74, 6) is 2.52. The summed E-state index contributed by atoms with van der Waals surface area (Å²) < 4.78 is 7.04. The molecule has 2 aromatic heterocycles. The molecule has 1 saturated heterocycles. The first kappa shape index (κ1) is 21.4. The van der Waals surface area contributed by atoms with Gasteiger partial charge in [-0.2, -0.15) is 5.10 Å². The molecule has 0 saturated carbocycles. The number of ether oxygens (including phenoxy) is 1. The minimum Gasteiger partial charge on any atom is -0.444 e. The summed E-state index contributed by atoms with van der Waals surface area (Å²) >= 11 is 0. The SMILES string of the molecule is C#Cc1cnn2ccc(-c3ccc(C(=O)N4CCN(C(=O)OC(C)(C)C)CC4)cc3)nc12. The molecule has 3 heterocycles. The molecule has 0 spiro atoms. The molecule has 8 nitrogen and oxygen atoms in total. The first-order valence-electron chi connectivity index (χ1n) is 10.4. The molecular weight excluding hydrogens is 406 g/mol. The predicted octanol–water partition coefficient (Wildman–Crippen LogP) is 3.07. The molecule has 164 valence electrons. The standard InChI is InChI=1S/C24H25N5O3/c1-5-17-16-25-29-11-10-20(26-21(17)29)18-6-8-19(9-7-18)22(30)27-12-14-28(15-13-27)23(31)32-24(2,3)4/h1,6-11,16H,12-15H2,2-4H3. The fraction of sp³-hybridized carbons (Fsp3) is 0.333. The number of hydrogen-bond acceptors (Lipinski definition) is 5. The van der Waals surface area contributed by atoms with Gasteiger partial charge in [-0.1, -0.05) is 18.1 Å². The van der Waals surface area contributed by atoms with Gasteiger partial charge in [0.2, 0.25) is 0 Å². The van der Waals surface area contributed by atoms with Gasteiger partial charge in [0.1, 0.15) is 5.60 Å². The topological polar surface area (TPSA) is 80.0 Å². The van der Waals surface area contributed by atoms with E-state index in [4.69, 9.17) is 11.2 Å². The van der Waals surface area contributed by atoms with Gasteiger partial charge in [0.05, 0.1) is 17.5 Å². The van der Waals surface area contributed by atoms with Crippen LogP contribution in [0, 0.1) is 12.3 Å². The molecule has 1 aliphatic rings. The van der Waals surface area contributed by atoms with E-state index in [0.29, 0.717) is 43.0 Å². The molecule has 3 aromatic rings. The third-order valence-electron chi connectivity index (χ3n) is 5.17. The number of piperazine rings is 1. The second kappa shape index (κ2) is 8.35. The van der Waals surface area contributed by atoms with Crippen molar-refractivity contribution in [3.63, 3.8) is 0 Å². The van der Waals surface area contributed by atoms with Crippen LogP contribution in [0.1, 0.15) is 36.7 Å². The van der Waals surface area contributed by atoms with Gasteiger partial charge in [0, 0.05) is 43.5 Å². The first-order chi connectivity index (χ1) is 15.2. The van der Waals surface area contributed by atoms with Crippen LogP contribution in [0.2, 0.25) is 0 Å². The van der Waals surface area contributed by atoms with Crippen LogP contribution >= 0.6 is 0 Å². The van der Waals surface area contributed by atoms with Crippen molar-refractivity contribution in [3.8, 4) is 23.6 Å². The number of carbonyl (C=O) groups excluding carboxylic acids is 2. The summed E-state index contributed by atoms with van der Waals surface area (Å²) in [5.41, 5.74) is 2.93. The highest BCUT2D eigenvalue weighted by Crippen LogP contribution is 2.21. The van der Waals surface area contributed by atoms with Crippen LogP contribution in [0.25, 0.3) is 16.9 Å². The Bertz CT molecular complexity index is 1190. The third kappa shape index (κ3) is 4.42. The minimum absolute atomic E-state index is 0.0609. The Morgan fingerprint density at radius 2 is 1.69 bits per heavy atom. The van der Waals surface area contributed by atoms with E-state index in [-0.39, 0.29) is 12.0 Å². The number of amides is 2. The van der Waals surface area contributed by atoms with Crippen LogP contribution in [0.3, 0.4) is 0 Å². The minimum atomic E-state index is -0.536. The highest BCUT2D eigenvalue weighted by molar-refractivity contribution is 5.94. The smallest absolute Gasteiger partial charge is 0.410 e. The Balaban J connectivity index is 1.42. The quantitative estimate of drug-likeness (QED) is 0.583. The maximum Gasteiger partial charge on any atom is 0.410 e. The number of benzene rings is 1. The fourth-order valence-corrected chi connectivity index (χ4v) is 3.52. The molecule has 32 heavy (non-hydrogen) atoms. The molecule has 2 amide bonds. The van der Waals surface area contributed by atoms with Gasteiger partial charge >= 0.3 is 6.09 Å². The molecule has 1 aliphatic heterocycles. The molecule has 0 radical (unpaired) electrons. The van der Waals surface area contributed by atoms with Gasteiger partial charge in [-0.3, -0.25) is 4.79 Å². The van der Waals surface area contributed by atoms with Crippen molar-refractivity contribution in [3.05, 3.63) is 53.9 Å². The lowest BCUT2D eigenvalue weighted by atomic mass is 10.1. The monoisotopic (exact) mass is 431 g/mol. The van der Waals surface area contributed by atoms with Gasteiger partial charge in [0.15, 0.2) is 5.65 Å². The van der Waals surface area contributed by atoms with Crippen molar-refractivity contribution < 1.29 is 14.3 Å². The zero-order valence-electron chi connectivity index (χ0n) is 18.4. The summed E-state index contributed by atoms with van der Waals surface area (Å²) in [6.45, 7) is 7.35. The van der Waals surface area contributed by atoms with E-state index in [9.17, 15) is 9.59 Å². The summed E-state index contributed by atoms with van der Waals surface area (Å²) in [7, 11) is 0. The van der Waals surface area contributed by atoms with E-state index in [0.717, 1.165) is 11.3 Å². The number of carbonyl (C=O) groups is 2. The third-order valence-corrected chi connectivity index (χ3v) is 5.17. The van der Waals surface area contributed by atoms with Gasteiger partial charge in [0.25, 0.3) is 5.91 Å². The van der Waals surface area contributed by atoms with Crippen molar-refractivity contribution in [1.29, 1.82) is 0 Å². The molecule has 0 bridgehead atoms. The van der Waals surface area contributed by atoms with Crippen molar-refractivity contribution in [2.24, 2.45) is 0 Å². The lowest BCUT2D eigenvalue weighted by molar-refractivity contribution is 0.0141. The Morgan fingerprint density at radius 1 is 1.03 bits per heavy atom. The fourth-order valence-electron chi connectivity index (χ4n) is 3.52. The summed E-state index contributed by atoms with van der Waals surface area (Å²) in [5, 5.41) is 4.18. The van der Waals surface area contributed by atoms with Crippen molar-refractivity contribution in [1.82, 2.24) is 24.4 Å². The van der Waals surface area contributed by atoms with Crippen LogP contribution in [-0.4, -0.2) is 68.2 Å². The molecule has 0 unspecified atom stereocenters. The number of nitrogens with zero attached hydrogens (tertiary/aromatic N) is 5. The summed E-state index contributed by atoms with van der Waals surface area (Å²) in [6.07, 6.45) is 8.58. The van der Waals surface area contributed by atoms with E-state index in [1.165, 1.54) is 0 Å². The molecule has 8 heteroatoms. The molecule has 4 rings (SSSR count). The number of terminal acetylenes is 1. The van der Waals surface area contributed by atoms with Crippen LogP contribution < -0.4 is 0 Å². The van der Waals surface area contributed by atoms with Gasteiger partial charge in [-0.25, -0.2) is 14.3 Å². The Morgan fingerprint density at radius 3 is 2.31 bits per heavy atom. The van der Waals surface area contributed by atoms with Crippen LogP contribution in [0.4, 0.5) is 4.79 Å². The Labute approximate surface area is 186 Å². The number of hydrogen-bond donors (Lipinski definition) is 0. The molecule has 0 aliphatic carbocycles. The number of rotatable bonds is 2. The second-order valence-corrected chi connectivity index (χ2v) is 8.62. The molecule has 0 atom stereocenters. The van der Waals surface area contributed by atoms with Gasteiger partial charge in [-0.05, 0) is 39.0 Å². The maximum atomic E-state index is 12.9. The Hall–Kier alpha value is -3.86. The second-order valence-electron chi connectivity index (χ2n) is 8.62. The zero-order chi connectivity index (χ0) is 22.9. The lowest BCUT2D eigenvalue weighted by Gasteiger charge is -2.35. The Kier molecular flexibility index (Phi) is 5.57. The average Bonchev–Trinajstić information content (AvgIpc) is 3.20. The number of fused-ring (bicyclic) bond motifs is 1.